The minimum atomic E-state index is -1.11. The zero-order valence-electron chi connectivity index (χ0n) is 9.06. The van der Waals surface area contributed by atoms with E-state index in [1.807, 2.05) is 0 Å². The lowest BCUT2D eigenvalue weighted by Crippen LogP contribution is -2.10. The van der Waals surface area contributed by atoms with Crippen LogP contribution in [0.4, 0.5) is 4.39 Å². The Kier molecular flexibility index (Phi) is 2.14. The van der Waals surface area contributed by atoms with E-state index in [1.165, 1.54) is 6.07 Å². The van der Waals surface area contributed by atoms with Gasteiger partial charge in [0.1, 0.15) is 5.52 Å². The van der Waals surface area contributed by atoms with E-state index in [2.05, 4.69) is 4.98 Å². The molecule has 0 amide bonds. The number of aromatic nitrogens is 2. The molecule has 0 saturated heterocycles. The Bertz CT molecular complexity index is 602. The third-order valence-corrected chi connectivity index (χ3v) is 3.06. The molecule has 1 aliphatic carbocycles. The zero-order chi connectivity index (χ0) is 12.0. The Morgan fingerprint density at radius 2 is 2.29 bits per heavy atom. The van der Waals surface area contributed by atoms with Crippen LogP contribution in [0, 0.1) is 11.7 Å². The van der Waals surface area contributed by atoms with Gasteiger partial charge in [0.05, 0.1) is 5.52 Å². The summed E-state index contributed by atoms with van der Waals surface area (Å²) < 4.78 is 15.1. The molecular weight excluding hydrogens is 223 g/mol. The Morgan fingerprint density at radius 1 is 1.53 bits per heavy atom. The Morgan fingerprint density at radius 3 is 2.94 bits per heavy atom. The summed E-state index contributed by atoms with van der Waals surface area (Å²) >= 11 is 0. The molecule has 1 aromatic heterocycles. The minimum absolute atomic E-state index is 0.0722. The first-order valence-electron chi connectivity index (χ1n) is 5.55. The number of hydrogen-bond acceptors (Lipinski definition) is 2. The summed E-state index contributed by atoms with van der Waals surface area (Å²) in [5.41, 5.74) is 0.708. The number of imidazole rings is 1. The van der Waals surface area contributed by atoms with Gasteiger partial charge in [0.25, 0.3) is 0 Å². The minimum Gasteiger partial charge on any atom is -0.475 e. The highest BCUT2D eigenvalue weighted by Gasteiger charge is 2.26. The van der Waals surface area contributed by atoms with Crippen LogP contribution < -0.4 is 0 Å². The van der Waals surface area contributed by atoms with Crippen LogP contribution in [0.5, 0.6) is 0 Å². The lowest BCUT2D eigenvalue weighted by molar-refractivity contribution is 0.0678. The quantitative estimate of drug-likeness (QED) is 0.886. The Balaban J connectivity index is 2.22. The fraction of sp³-hybridized carbons (Fsp3) is 0.333. The molecule has 1 N–H and O–H groups in total. The van der Waals surface area contributed by atoms with E-state index in [0.717, 1.165) is 12.8 Å². The molecule has 0 atom stereocenters. The standard InChI is InChI=1S/C12H11FN2O2/c13-8-2-1-3-9-10(8)14-11(12(16)17)15(9)6-7-4-5-7/h1-3,7H,4-6H2,(H,16,17). The van der Waals surface area contributed by atoms with Gasteiger partial charge in [-0.25, -0.2) is 14.2 Å². The first kappa shape index (κ1) is 10.3. The van der Waals surface area contributed by atoms with E-state index in [1.54, 1.807) is 16.7 Å². The van der Waals surface area contributed by atoms with Crippen molar-refractivity contribution in [2.75, 3.05) is 0 Å². The van der Waals surface area contributed by atoms with Crippen molar-refractivity contribution in [2.24, 2.45) is 5.92 Å². The molecule has 1 aliphatic rings. The van der Waals surface area contributed by atoms with Crippen LogP contribution in [0.2, 0.25) is 0 Å². The molecule has 0 radical (unpaired) electrons. The predicted octanol–water partition coefficient (Wildman–Crippen LogP) is 2.28. The molecule has 88 valence electrons. The molecule has 5 heteroatoms. The molecule has 1 saturated carbocycles. The number of nitrogens with zero attached hydrogens (tertiary/aromatic N) is 2. The summed E-state index contributed by atoms with van der Waals surface area (Å²) in [5, 5.41) is 9.09. The molecule has 1 heterocycles. The number of fused-ring (bicyclic) bond motifs is 1. The fourth-order valence-corrected chi connectivity index (χ4v) is 2.02. The largest absolute Gasteiger partial charge is 0.475 e. The first-order chi connectivity index (χ1) is 8.16. The second-order valence-corrected chi connectivity index (χ2v) is 4.40. The van der Waals surface area contributed by atoms with Crippen LogP contribution in [0.3, 0.4) is 0 Å². The van der Waals surface area contributed by atoms with Crippen molar-refractivity contribution in [1.29, 1.82) is 0 Å². The summed E-state index contributed by atoms with van der Waals surface area (Å²) in [6.07, 6.45) is 2.21. The second-order valence-electron chi connectivity index (χ2n) is 4.40. The van der Waals surface area contributed by atoms with Crippen LogP contribution in [-0.4, -0.2) is 20.6 Å². The molecule has 2 aromatic rings. The van der Waals surface area contributed by atoms with Gasteiger partial charge in [0, 0.05) is 6.54 Å². The van der Waals surface area contributed by atoms with Gasteiger partial charge in [-0.1, -0.05) is 6.07 Å². The first-order valence-corrected chi connectivity index (χ1v) is 5.55. The monoisotopic (exact) mass is 234 g/mol. The number of carbonyl (C=O) groups is 1. The van der Waals surface area contributed by atoms with Crippen molar-refractivity contribution >= 4 is 17.0 Å². The van der Waals surface area contributed by atoms with Crippen LogP contribution in [0.25, 0.3) is 11.0 Å². The number of rotatable bonds is 3. The molecule has 17 heavy (non-hydrogen) atoms. The van der Waals surface area contributed by atoms with Gasteiger partial charge in [0.2, 0.25) is 5.82 Å². The molecule has 1 fully saturated rings. The highest BCUT2D eigenvalue weighted by atomic mass is 19.1. The van der Waals surface area contributed by atoms with Gasteiger partial charge >= 0.3 is 5.97 Å². The van der Waals surface area contributed by atoms with E-state index >= 15 is 0 Å². The SMILES string of the molecule is O=C(O)c1nc2c(F)cccc2n1CC1CC1. The van der Waals surface area contributed by atoms with Crippen molar-refractivity contribution in [2.45, 2.75) is 19.4 Å². The molecule has 0 unspecified atom stereocenters. The van der Waals surface area contributed by atoms with Gasteiger partial charge in [0.15, 0.2) is 5.82 Å². The molecule has 1 aromatic carbocycles. The van der Waals surface area contributed by atoms with Crippen molar-refractivity contribution in [1.82, 2.24) is 9.55 Å². The molecule has 0 spiro atoms. The Hall–Kier alpha value is -1.91. The van der Waals surface area contributed by atoms with E-state index in [0.29, 0.717) is 18.0 Å². The Labute approximate surface area is 96.7 Å². The summed E-state index contributed by atoms with van der Waals surface area (Å²) in [5.74, 6) is -1.15. The molecular formula is C12H11FN2O2. The summed E-state index contributed by atoms with van der Waals surface area (Å²) in [6, 6.07) is 4.58. The number of para-hydroxylation sites is 1. The lowest BCUT2D eigenvalue weighted by Gasteiger charge is -2.04. The smallest absolute Gasteiger partial charge is 0.372 e. The van der Waals surface area contributed by atoms with Gasteiger partial charge in [-0.3, -0.25) is 0 Å². The van der Waals surface area contributed by atoms with E-state index in [9.17, 15) is 9.18 Å². The van der Waals surface area contributed by atoms with Gasteiger partial charge in [-0.05, 0) is 30.9 Å². The maximum atomic E-state index is 13.5. The van der Waals surface area contributed by atoms with Crippen molar-refractivity contribution < 1.29 is 14.3 Å². The molecule has 0 bridgehead atoms. The maximum Gasteiger partial charge on any atom is 0.372 e. The van der Waals surface area contributed by atoms with E-state index in [4.69, 9.17) is 5.11 Å². The average Bonchev–Trinajstić information content (AvgIpc) is 3.01. The van der Waals surface area contributed by atoms with Crippen LogP contribution in [-0.2, 0) is 6.54 Å². The lowest BCUT2D eigenvalue weighted by atomic mass is 10.3. The number of halogens is 1. The fourth-order valence-electron chi connectivity index (χ4n) is 2.02. The maximum absolute atomic E-state index is 13.5. The molecule has 4 nitrogen and oxygen atoms in total. The second kappa shape index (κ2) is 3.55. The normalized spacial score (nSPS) is 15.4. The third-order valence-electron chi connectivity index (χ3n) is 3.06. The van der Waals surface area contributed by atoms with Crippen LogP contribution in [0.1, 0.15) is 23.5 Å². The van der Waals surface area contributed by atoms with Crippen molar-refractivity contribution in [3.05, 3.63) is 29.8 Å². The van der Waals surface area contributed by atoms with Crippen molar-refractivity contribution in [3.8, 4) is 0 Å². The van der Waals surface area contributed by atoms with Gasteiger partial charge < -0.3 is 9.67 Å². The highest BCUT2D eigenvalue weighted by Crippen LogP contribution is 2.32. The number of hydrogen-bond donors (Lipinski definition) is 1. The number of carboxylic acid groups (broad SMARTS) is 1. The number of carboxylic acids is 1. The van der Waals surface area contributed by atoms with E-state index < -0.39 is 11.8 Å². The predicted molar refractivity (Wildman–Crippen MR) is 59.4 cm³/mol. The van der Waals surface area contributed by atoms with Gasteiger partial charge in [-0.2, -0.15) is 0 Å². The molecule has 0 aliphatic heterocycles. The highest BCUT2D eigenvalue weighted by molar-refractivity contribution is 5.90. The van der Waals surface area contributed by atoms with Crippen molar-refractivity contribution in [3.63, 3.8) is 0 Å². The van der Waals surface area contributed by atoms with Crippen LogP contribution in [0.15, 0.2) is 18.2 Å². The summed E-state index contributed by atoms with van der Waals surface area (Å²) in [6.45, 7) is 0.613. The zero-order valence-corrected chi connectivity index (χ0v) is 9.06. The summed E-state index contributed by atoms with van der Waals surface area (Å²) in [7, 11) is 0. The van der Waals surface area contributed by atoms with Crippen LogP contribution >= 0.6 is 0 Å². The van der Waals surface area contributed by atoms with E-state index in [-0.39, 0.29) is 11.3 Å². The summed E-state index contributed by atoms with van der Waals surface area (Å²) in [4.78, 5) is 15.0. The molecule has 3 rings (SSSR count). The van der Waals surface area contributed by atoms with Gasteiger partial charge in [-0.15, -0.1) is 0 Å². The topological polar surface area (TPSA) is 55.1 Å². The third kappa shape index (κ3) is 1.67. The average molecular weight is 234 g/mol. The number of aromatic carboxylic acids is 1. The number of benzene rings is 1.